The minimum atomic E-state index is -0.530. The molecule has 53 heavy (non-hydrogen) atoms. The standard InChI is InChI=1S/C52H39N/c1-51(2)47-27-14-12-25-43(47)45-31-29-41(34-49(45)51)53(40-23-10-5-11-24-40)42-30-32-46-44-26-13-15-28-48(44)52(50(46)35-42,38-20-8-4-9-21-38)39-22-16-19-37(33-39)36-17-6-3-7-18-36/h3-35H,1-2H3. The Morgan fingerprint density at radius 3 is 1.51 bits per heavy atom. The van der Waals surface area contributed by atoms with Gasteiger partial charge in [0.1, 0.15) is 0 Å². The molecule has 1 nitrogen and oxygen atoms in total. The van der Waals surface area contributed by atoms with Crippen LogP contribution in [0.2, 0.25) is 0 Å². The maximum absolute atomic E-state index is 2.47. The van der Waals surface area contributed by atoms with Crippen LogP contribution in [0.15, 0.2) is 200 Å². The number of benzene rings is 8. The van der Waals surface area contributed by atoms with Crippen LogP contribution in [0.4, 0.5) is 17.1 Å². The van der Waals surface area contributed by atoms with E-state index in [-0.39, 0.29) is 5.41 Å². The second-order valence-corrected chi connectivity index (χ2v) is 14.9. The smallest absolute Gasteiger partial charge is 0.0714 e. The number of para-hydroxylation sites is 1. The summed E-state index contributed by atoms with van der Waals surface area (Å²) in [6.45, 7) is 4.72. The van der Waals surface area contributed by atoms with Gasteiger partial charge in [0.05, 0.1) is 5.41 Å². The Hall–Kier alpha value is -6.44. The van der Waals surface area contributed by atoms with Crippen molar-refractivity contribution in [2.45, 2.75) is 24.7 Å². The van der Waals surface area contributed by atoms with E-state index in [0.717, 1.165) is 17.1 Å². The van der Waals surface area contributed by atoms with E-state index in [0.29, 0.717) is 0 Å². The van der Waals surface area contributed by atoms with Gasteiger partial charge in [0.15, 0.2) is 0 Å². The first kappa shape index (κ1) is 31.3. The minimum Gasteiger partial charge on any atom is -0.310 e. The van der Waals surface area contributed by atoms with Crippen LogP contribution in [0.3, 0.4) is 0 Å². The topological polar surface area (TPSA) is 3.24 Å². The van der Waals surface area contributed by atoms with Crippen LogP contribution in [-0.4, -0.2) is 0 Å². The summed E-state index contributed by atoms with van der Waals surface area (Å²) in [5, 5.41) is 0. The summed E-state index contributed by atoms with van der Waals surface area (Å²) in [7, 11) is 0. The summed E-state index contributed by atoms with van der Waals surface area (Å²) in [4.78, 5) is 2.44. The molecule has 2 aliphatic carbocycles. The van der Waals surface area contributed by atoms with Gasteiger partial charge in [0.2, 0.25) is 0 Å². The molecule has 0 aliphatic heterocycles. The quantitative estimate of drug-likeness (QED) is 0.169. The predicted octanol–water partition coefficient (Wildman–Crippen LogP) is 13.5. The molecule has 10 rings (SSSR count). The highest BCUT2D eigenvalue weighted by Crippen LogP contribution is 2.58. The van der Waals surface area contributed by atoms with E-state index >= 15 is 0 Å². The molecule has 8 aromatic rings. The fraction of sp³-hybridized carbons (Fsp3) is 0.0769. The Kier molecular flexibility index (Phi) is 7.13. The van der Waals surface area contributed by atoms with E-state index in [9.17, 15) is 0 Å². The summed E-state index contributed by atoms with van der Waals surface area (Å²) in [6, 6.07) is 74.0. The van der Waals surface area contributed by atoms with Gasteiger partial charge >= 0.3 is 0 Å². The van der Waals surface area contributed by atoms with E-state index in [4.69, 9.17) is 0 Å². The summed E-state index contributed by atoms with van der Waals surface area (Å²) in [6.07, 6.45) is 0. The average Bonchev–Trinajstić information content (AvgIpc) is 3.64. The van der Waals surface area contributed by atoms with Crippen molar-refractivity contribution in [2.24, 2.45) is 0 Å². The monoisotopic (exact) mass is 677 g/mol. The minimum absolute atomic E-state index is 0.101. The molecule has 8 aromatic carbocycles. The molecular weight excluding hydrogens is 639 g/mol. The van der Waals surface area contributed by atoms with Crippen LogP contribution in [0.5, 0.6) is 0 Å². The second-order valence-electron chi connectivity index (χ2n) is 14.9. The lowest BCUT2D eigenvalue weighted by Gasteiger charge is -2.35. The molecule has 0 fully saturated rings. The molecule has 0 saturated carbocycles. The average molecular weight is 678 g/mol. The molecule has 1 heteroatoms. The number of anilines is 3. The van der Waals surface area contributed by atoms with Gasteiger partial charge in [-0.3, -0.25) is 0 Å². The van der Waals surface area contributed by atoms with E-state index in [1.807, 2.05) is 0 Å². The Balaban J connectivity index is 1.23. The number of hydrogen-bond acceptors (Lipinski definition) is 1. The van der Waals surface area contributed by atoms with Crippen molar-refractivity contribution in [1.82, 2.24) is 0 Å². The second kappa shape index (κ2) is 12.1. The van der Waals surface area contributed by atoms with Crippen molar-refractivity contribution in [1.29, 1.82) is 0 Å². The summed E-state index contributed by atoms with van der Waals surface area (Å²) in [5.41, 5.74) is 18.3. The first-order valence-corrected chi connectivity index (χ1v) is 18.6. The molecule has 0 radical (unpaired) electrons. The third-order valence-electron chi connectivity index (χ3n) is 11.7. The van der Waals surface area contributed by atoms with Gasteiger partial charge in [-0.1, -0.05) is 172 Å². The fourth-order valence-corrected chi connectivity index (χ4v) is 9.30. The summed E-state index contributed by atoms with van der Waals surface area (Å²) < 4.78 is 0. The van der Waals surface area contributed by atoms with Gasteiger partial charge in [0, 0.05) is 22.5 Å². The molecule has 0 N–H and O–H groups in total. The lowest BCUT2D eigenvalue weighted by molar-refractivity contribution is 0.660. The highest BCUT2D eigenvalue weighted by atomic mass is 15.1. The van der Waals surface area contributed by atoms with Crippen molar-refractivity contribution in [3.63, 3.8) is 0 Å². The van der Waals surface area contributed by atoms with Crippen molar-refractivity contribution < 1.29 is 0 Å². The van der Waals surface area contributed by atoms with Crippen molar-refractivity contribution in [3.8, 4) is 33.4 Å². The third kappa shape index (κ3) is 4.70. The maximum Gasteiger partial charge on any atom is 0.0714 e. The van der Waals surface area contributed by atoms with Gasteiger partial charge in [-0.15, -0.1) is 0 Å². The molecule has 0 amide bonds. The van der Waals surface area contributed by atoms with Gasteiger partial charge < -0.3 is 4.90 Å². The maximum atomic E-state index is 2.47. The van der Waals surface area contributed by atoms with Crippen LogP contribution in [0.1, 0.15) is 47.2 Å². The van der Waals surface area contributed by atoms with Gasteiger partial charge in [0.25, 0.3) is 0 Å². The Bertz CT molecular complexity index is 2640. The Morgan fingerprint density at radius 2 is 0.811 bits per heavy atom. The van der Waals surface area contributed by atoms with Crippen LogP contribution in [0, 0.1) is 0 Å². The van der Waals surface area contributed by atoms with Crippen LogP contribution in [0.25, 0.3) is 33.4 Å². The molecule has 0 spiro atoms. The van der Waals surface area contributed by atoms with Crippen molar-refractivity contribution in [3.05, 3.63) is 234 Å². The number of nitrogens with zero attached hydrogens (tertiary/aromatic N) is 1. The van der Waals surface area contributed by atoms with E-state index < -0.39 is 5.41 Å². The largest absolute Gasteiger partial charge is 0.310 e. The van der Waals surface area contributed by atoms with Gasteiger partial charge in [-0.05, 0) is 109 Å². The summed E-state index contributed by atoms with van der Waals surface area (Å²) >= 11 is 0. The van der Waals surface area contributed by atoms with Gasteiger partial charge in [-0.2, -0.15) is 0 Å². The fourth-order valence-electron chi connectivity index (χ4n) is 9.30. The zero-order valence-electron chi connectivity index (χ0n) is 30.0. The first-order chi connectivity index (χ1) is 26.0. The highest BCUT2D eigenvalue weighted by Gasteiger charge is 2.46. The normalized spacial score (nSPS) is 16.0. The summed E-state index contributed by atoms with van der Waals surface area (Å²) in [5.74, 6) is 0. The molecule has 2 aliphatic rings. The number of fused-ring (bicyclic) bond motifs is 6. The van der Waals surface area contributed by atoms with Crippen molar-refractivity contribution >= 4 is 17.1 Å². The SMILES string of the molecule is CC1(C)c2ccccc2-c2ccc(N(c3ccccc3)c3ccc4c(c3)C(c3ccccc3)(c3cccc(-c5ccccc5)c3)c3ccccc3-4)cc21. The van der Waals surface area contributed by atoms with E-state index in [1.54, 1.807) is 0 Å². The molecule has 0 saturated heterocycles. The predicted molar refractivity (Wildman–Crippen MR) is 221 cm³/mol. The molecule has 0 bridgehead atoms. The Labute approximate surface area is 312 Å². The van der Waals surface area contributed by atoms with E-state index in [1.165, 1.54) is 66.8 Å². The number of rotatable bonds is 6. The number of hydrogen-bond donors (Lipinski definition) is 0. The zero-order chi connectivity index (χ0) is 35.6. The molecule has 1 atom stereocenters. The first-order valence-electron chi connectivity index (χ1n) is 18.6. The third-order valence-corrected chi connectivity index (χ3v) is 11.7. The van der Waals surface area contributed by atoms with Crippen LogP contribution < -0.4 is 4.90 Å². The van der Waals surface area contributed by atoms with Crippen molar-refractivity contribution in [2.75, 3.05) is 4.90 Å². The molecule has 0 aromatic heterocycles. The molecule has 252 valence electrons. The lowest BCUT2D eigenvalue weighted by Crippen LogP contribution is -2.29. The van der Waals surface area contributed by atoms with Gasteiger partial charge in [-0.25, -0.2) is 0 Å². The zero-order valence-corrected chi connectivity index (χ0v) is 30.0. The molecule has 0 heterocycles. The van der Waals surface area contributed by atoms with Crippen LogP contribution in [-0.2, 0) is 10.8 Å². The van der Waals surface area contributed by atoms with E-state index in [2.05, 4.69) is 219 Å². The molecule has 1 unspecified atom stereocenters. The highest BCUT2D eigenvalue weighted by molar-refractivity contribution is 5.91. The van der Waals surface area contributed by atoms with Crippen LogP contribution >= 0.6 is 0 Å². The molecular formula is C52H39N. The lowest BCUT2D eigenvalue weighted by atomic mass is 9.67. The Morgan fingerprint density at radius 1 is 0.321 bits per heavy atom.